The fourth-order valence-electron chi connectivity index (χ4n) is 6.35. The van der Waals surface area contributed by atoms with Gasteiger partial charge in [-0.25, -0.2) is 23.3 Å². The van der Waals surface area contributed by atoms with E-state index in [1.54, 1.807) is 4.68 Å². The molecular weight excluding hydrogens is 459 g/mol. The summed E-state index contributed by atoms with van der Waals surface area (Å²) in [5, 5.41) is 15.6. The molecule has 3 aliphatic rings. The van der Waals surface area contributed by atoms with Crippen molar-refractivity contribution in [3.05, 3.63) is 46.1 Å². The molecule has 2 fully saturated rings. The molecule has 1 aromatic carbocycles. The van der Waals surface area contributed by atoms with Gasteiger partial charge in [-0.15, -0.1) is 0 Å². The number of aryl methyl sites for hydroxylation is 1. The van der Waals surface area contributed by atoms with Gasteiger partial charge in [-0.3, -0.25) is 9.48 Å². The minimum Gasteiger partial charge on any atom is -0.380 e. The molecule has 3 aromatic rings. The molecule has 1 saturated carbocycles. The van der Waals surface area contributed by atoms with Gasteiger partial charge in [0.25, 0.3) is 5.56 Å². The molecule has 2 N–H and O–H groups in total. The SMILES string of the molecule is Cn1ncnc1[C@@H]1c2n[nH]c(=O)c3cc(F)cc(c23)N[C@H]1C1CCN(C2CCC(F)(F)CC2)CC1. The highest BCUT2D eigenvalue weighted by Crippen LogP contribution is 2.44. The Hall–Kier alpha value is -2.95. The van der Waals surface area contributed by atoms with Gasteiger partial charge in [0.05, 0.1) is 17.0 Å². The molecule has 2 aromatic heterocycles. The fourth-order valence-corrected chi connectivity index (χ4v) is 6.35. The number of anilines is 1. The van der Waals surface area contributed by atoms with Crippen molar-refractivity contribution in [1.29, 1.82) is 0 Å². The zero-order valence-electron chi connectivity index (χ0n) is 19.5. The second-order valence-electron chi connectivity index (χ2n) is 10.2. The van der Waals surface area contributed by atoms with Crippen molar-refractivity contribution in [2.75, 3.05) is 18.4 Å². The molecule has 4 heterocycles. The quantitative estimate of drug-likeness (QED) is 0.589. The van der Waals surface area contributed by atoms with E-state index in [1.807, 2.05) is 7.05 Å². The van der Waals surface area contributed by atoms with Gasteiger partial charge in [-0.1, -0.05) is 0 Å². The van der Waals surface area contributed by atoms with E-state index in [2.05, 4.69) is 30.5 Å². The third kappa shape index (κ3) is 3.89. The van der Waals surface area contributed by atoms with Crippen LogP contribution in [0.1, 0.15) is 56.0 Å². The van der Waals surface area contributed by atoms with Crippen LogP contribution in [0.25, 0.3) is 10.8 Å². The van der Waals surface area contributed by atoms with Crippen LogP contribution in [0.15, 0.2) is 23.3 Å². The lowest BCUT2D eigenvalue weighted by Gasteiger charge is -2.44. The number of alkyl halides is 2. The normalized spacial score (nSPS) is 25.6. The summed E-state index contributed by atoms with van der Waals surface area (Å²) in [6.07, 6.45) is 4.24. The lowest BCUT2D eigenvalue weighted by atomic mass is 9.76. The number of likely N-dealkylation sites (tertiary alicyclic amines) is 1. The van der Waals surface area contributed by atoms with Gasteiger partial charge in [0, 0.05) is 43.0 Å². The summed E-state index contributed by atoms with van der Waals surface area (Å²) in [4.78, 5) is 19.3. The number of H-pyrrole nitrogens is 1. The molecular formula is C24H28F3N7O. The minimum absolute atomic E-state index is 0.0355. The van der Waals surface area contributed by atoms with E-state index in [4.69, 9.17) is 0 Å². The standard InChI is InChI=1S/C24H28F3N7O/c1-33-22(28-12-29-33)19-20(13-4-8-34(9-5-13)15-2-6-24(26,27)7-3-15)30-17-11-14(25)10-16-18(17)21(19)31-32-23(16)35/h10-13,15,19-20,30H,2-9H2,1H3,(H,32,35)/t19-,20-/m0/s1. The van der Waals surface area contributed by atoms with Crippen molar-refractivity contribution >= 4 is 16.5 Å². The van der Waals surface area contributed by atoms with E-state index in [0.29, 0.717) is 29.6 Å². The summed E-state index contributed by atoms with van der Waals surface area (Å²) in [6, 6.07) is 2.74. The van der Waals surface area contributed by atoms with E-state index in [-0.39, 0.29) is 42.1 Å². The van der Waals surface area contributed by atoms with Crippen molar-refractivity contribution in [2.45, 2.75) is 62.4 Å². The molecule has 1 saturated heterocycles. The predicted molar refractivity (Wildman–Crippen MR) is 124 cm³/mol. The number of aromatic amines is 1. The molecule has 0 unspecified atom stereocenters. The number of hydrogen-bond acceptors (Lipinski definition) is 6. The van der Waals surface area contributed by atoms with Crippen LogP contribution in [0.3, 0.4) is 0 Å². The Morgan fingerprint density at radius 2 is 1.86 bits per heavy atom. The van der Waals surface area contributed by atoms with Crippen molar-refractivity contribution in [2.24, 2.45) is 13.0 Å². The number of aromatic nitrogens is 5. The van der Waals surface area contributed by atoms with Gasteiger partial charge in [0.2, 0.25) is 5.92 Å². The summed E-state index contributed by atoms with van der Waals surface area (Å²) >= 11 is 0. The van der Waals surface area contributed by atoms with Crippen LogP contribution in [0.5, 0.6) is 0 Å². The van der Waals surface area contributed by atoms with Gasteiger partial charge < -0.3 is 10.2 Å². The van der Waals surface area contributed by atoms with Crippen LogP contribution >= 0.6 is 0 Å². The Kier molecular flexibility index (Phi) is 5.35. The Morgan fingerprint density at radius 1 is 1.11 bits per heavy atom. The topological polar surface area (TPSA) is 91.7 Å². The highest BCUT2D eigenvalue weighted by molar-refractivity contribution is 5.97. The first-order valence-corrected chi connectivity index (χ1v) is 12.2. The molecule has 0 amide bonds. The van der Waals surface area contributed by atoms with Crippen molar-refractivity contribution in [3.8, 4) is 0 Å². The number of nitrogens with zero attached hydrogens (tertiary/aromatic N) is 5. The molecule has 35 heavy (non-hydrogen) atoms. The summed E-state index contributed by atoms with van der Waals surface area (Å²) in [5.74, 6) is -2.36. The monoisotopic (exact) mass is 487 g/mol. The lowest BCUT2D eigenvalue weighted by Crippen LogP contribution is -2.49. The minimum atomic E-state index is -2.53. The van der Waals surface area contributed by atoms with Crippen molar-refractivity contribution in [1.82, 2.24) is 29.9 Å². The largest absolute Gasteiger partial charge is 0.380 e. The molecule has 2 atom stereocenters. The lowest BCUT2D eigenvalue weighted by molar-refractivity contribution is -0.0570. The first-order chi connectivity index (χ1) is 16.8. The Labute approximate surface area is 199 Å². The number of rotatable bonds is 3. The van der Waals surface area contributed by atoms with E-state index >= 15 is 0 Å². The maximum Gasteiger partial charge on any atom is 0.272 e. The van der Waals surface area contributed by atoms with Gasteiger partial charge >= 0.3 is 0 Å². The summed E-state index contributed by atoms with van der Waals surface area (Å²) < 4.78 is 43.4. The van der Waals surface area contributed by atoms with Gasteiger partial charge in [0.1, 0.15) is 18.0 Å². The van der Waals surface area contributed by atoms with Gasteiger partial charge in [-0.2, -0.15) is 10.2 Å². The molecule has 8 nitrogen and oxygen atoms in total. The zero-order chi connectivity index (χ0) is 24.3. The molecule has 0 bridgehead atoms. The summed E-state index contributed by atoms with van der Waals surface area (Å²) in [7, 11) is 1.82. The molecule has 11 heteroatoms. The first kappa shape index (κ1) is 22.5. The number of halogens is 3. The average molecular weight is 488 g/mol. The van der Waals surface area contributed by atoms with Gasteiger partial charge in [0.15, 0.2) is 0 Å². The third-order valence-corrected chi connectivity index (χ3v) is 8.17. The second-order valence-corrected chi connectivity index (χ2v) is 10.2. The maximum atomic E-state index is 14.4. The van der Waals surface area contributed by atoms with E-state index in [9.17, 15) is 18.0 Å². The molecule has 6 rings (SSSR count). The third-order valence-electron chi connectivity index (χ3n) is 8.17. The fraction of sp³-hybridized carbons (Fsp3) is 0.583. The Bertz CT molecular complexity index is 1300. The average Bonchev–Trinajstić information content (AvgIpc) is 3.26. The van der Waals surface area contributed by atoms with Crippen LogP contribution in [-0.2, 0) is 7.05 Å². The second kappa shape index (κ2) is 8.32. The number of nitrogens with one attached hydrogen (secondary N) is 2. The Morgan fingerprint density at radius 3 is 2.54 bits per heavy atom. The molecule has 0 spiro atoms. The smallest absolute Gasteiger partial charge is 0.272 e. The van der Waals surface area contributed by atoms with E-state index < -0.39 is 17.3 Å². The number of benzene rings is 1. The van der Waals surface area contributed by atoms with Crippen molar-refractivity contribution in [3.63, 3.8) is 0 Å². The van der Waals surface area contributed by atoms with Crippen LogP contribution < -0.4 is 10.9 Å². The zero-order valence-corrected chi connectivity index (χ0v) is 19.5. The van der Waals surface area contributed by atoms with Crippen LogP contribution in [0.2, 0.25) is 0 Å². The maximum absolute atomic E-state index is 14.4. The summed E-state index contributed by atoms with van der Waals surface area (Å²) in [6.45, 7) is 1.66. The van der Waals surface area contributed by atoms with E-state index in [1.165, 1.54) is 18.5 Å². The number of hydrogen-bond donors (Lipinski definition) is 2. The van der Waals surface area contributed by atoms with E-state index in [0.717, 1.165) is 31.8 Å². The van der Waals surface area contributed by atoms with Crippen molar-refractivity contribution < 1.29 is 13.2 Å². The predicted octanol–water partition coefficient (Wildman–Crippen LogP) is 3.41. The van der Waals surface area contributed by atoms with Crippen LogP contribution in [-0.4, -0.2) is 61.0 Å². The molecule has 2 aliphatic heterocycles. The molecule has 186 valence electrons. The number of piperidine rings is 1. The highest BCUT2D eigenvalue weighted by atomic mass is 19.3. The molecule has 0 radical (unpaired) electrons. The Balaban J connectivity index is 1.32. The summed E-state index contributed by atoms with van der Waals surface area (Å²) in [5.41, 5.74) is 0.785. The van der Waals surface area contributed by atoms with Gasteiger partial charge in [-0.05, 0) is 56.8 Å². The highest BCUT2D eigenvalue weighted by Gasteiger charge is 2.43. The first-order valence-electron chi connectivity index (χ1n) is 12.2. The van der Waals surface area contributed by atoms with Crippen LogP contribution in [0.4, 0.5) is 18.9 Å². The van der Waals surface area contributed by atoms with Crippen LogP contribution in [0, 0.1) is 11.7 Å². The molecule has 1 aliphatic carbocycles.